The van der Waals surface area contributed by atoms with E-state index in [4.69, 9.17) is 4.84 Å². The van der Waals surface area contributed by atoms with E-state index in [1.54, 1.807) is 12.1 Å². The van der Waals surface area contributed by atoms with E-state index in [9.17, 15) is 8.42 Å². The molecule has 0 unspecified atom stereocenters. The molecule has 1 N–H and O–H groups in total. The molecule has 3 rings (SSSR count). The minimum absolute atomic E-state index is 0.154. The summed E-state index contributed by atoms with van der Waals surface area (Å²) in [6.45, 7) is 0.731. The summed E-state index contributed by atoms with van der Waals surface area (Å²) >= 11 is 0. The Morgan fingerprint density at radius 1 is 0.815 bits per heavy atom. The van der Waals surface area contributed by atoms with Gasteiger partial charge in [0.2, 0.25) is 0 Å². The molecule has 3 aromatic rings. The van der Waals surface area contributed by atoms with Crippen LogP contribution in [0.2, 0.25) is 0 Å². The molecule has 27 heavy (non-hydrogen) atoms. The highest BCUT2D eigenvalue weighted by atomic mass is 32.2. The van der Waals surface area contributed by atoms with Gasteiger partial charge in [0.1, 0.15) is 12.3 Å². The summed E-state index contributed by atoms with van der Waals surface area (Å²) in [5.74, 6) is 0. The zero-order chi connectivity index (χ0) is 19.1. The van der Waals surface area contributed by atoms with E-state index in [0.29, 0.717) is 17.9 Å². The number of benzene rings is 3. The first-order chi connectivity index (χ1) is 13.0. The third kappa shape index (κ3) is 5.32. The standard InChI is InChI=1S/C21H22N2O3S/c1-27(24,25)23(26-17-19-12-6-3-7-13-19)21-15-9-8-14-20(21)22-16-18-10-4-2-5-11-18/h2-15,22H,16-17H2,1H3. The van der Waals surface area contributed by atoms with Gasteiger partial charge in [0, 0.05) is 6.54 Å². The van der Waals surface area contributed by atoms with Gasteiger partial charge in [-0.1, -0.05) is 72.8 Å². The van der Waals surface area contributed by atoms with E-state index in [0.717, 1.165) is 21.9 Å². The molecule has 0 heterocycles. The van der Waals surface area contributed by atoms with Crippen molar-refractivity contribution in [3.8, 4) is 0 Å². The number of rotatable bonds is 8. The maximum Gasteiger partial charge on any atom is 0.254 e. The number of para-hydroxylation sites is 2. The summed E-state index contributed by atoms with van der Waals surface area (Å²) in [6, 6.07) is 26.6. The average Bonchev–Trinajstić information content (AvgIpc) is 2.68. The van der Waals surface area contributed by atoms with Crippen molar-refractivity contribution in [3.63, 3.8) is 0 Å². The molecule has 6 heteroatoms. The zero-order valence-corrected chi connectivity index (χ0v) is 15.9. The Labute approximate surface area is 160 Å². The van der Waals surface area contributed by atoms with Crippen molar-refractivity contribution in [2.24, 2.45) is 0 Å². The molecule has 0 aliphatic carbocycles. The summed E-state index contributed by atoms with van der Waals surface area (Å²) < 4.78 is 25.7. The van der Waals surface area contributed by atoms with Crippen molar-refractivity contribution >= 4 is 21.4 Å². The van der Waals surface area contributed by atoms with Gasteiger partial charge < -0.3 is 5.32 Å². The van der Waals surface area contributed by atoms with Crippen LogP contribution < -0.4 is 9.79 Å². The largest absolute Gasteiger partial charge is 0.379 e. The first kappa shape index (κ1) is 18.9. The second kappa shape index (κ2) is 8.70. The van der Waals surface area contributed by atoms with Gasteiger partial charge >= 0.3 is 0 Å². The monoisotopic (exact) mass is 382 g/mol. The summed E-state index contributed by atoms with van der Waals surface area (Å²) in [6.07, 6.45) is 1.13. The van der Waals surface area contributed by atoms with E-state index in [1.165, 1.54) is 0 Å². The van der Waals surface area contributed by atoms with Gasteiger partial charge in [0.25, 0.3) is 10.0 Å². The van der Waals surface area contributed by atoms with E-state index in [2.05, 4.69) is 5.32 Å². The molecule has 0 atom stereocenters. The van der Waals surface area contributed by atoms with Gasteiger partial charge in [0.05, 0.1) is 11.9 Å². The van der Waals surface area contributed by atoms with E-state index >= 15 is 0 Å². The summed E-state index contributed by atoms with van der Waals surface area (Å²) in [5, 5.41) is 3.29. The number of nitrogens with one attached hydrogen (secondary N) is 1. The smallest absolute Gasteiger partial charge is 0.254 e. The molecule has 0 amide bonds. The fourth-order valence-electron chi connectivity index (χ4n) is 2.63. The Morgan fingerprint density at radius 2 is 1.37 bits per heavy atom. The molecule has 0 saturated heterocycles. The normalized spacial score (nSPS) is 11.1. The van der Waals surface area contributed by atoms with Crippen molar-refractivity contribution in [2.45, 2.75) is 13.2 Å². The topological polar surface area (TPSA) is 58.6 Å². The molecule has 0 radical (unpaired) electrons. The van der Waals surface area contributed by atoms with Crippen LogP contribution in [0, 0.1) is 0 Å². The fraction of sp³-hybridized carbons (Fsp3) is 0.143. The second-order valence-corrected chi connectivity index (χ2v) is 7.90. The Hall–Kier alpha value is -2.83. The summed E-state index contributed by atoms with van der Waals surface area (Å²) in [4.78, 5) is 5.68. The third-order valence-corrected chi connectivity index (χ3v) is 4.82. The molecule has 0 saturated carbocycles. The Kier molecular flexibility index (Phi) is 6.11. The average molecular weight is 382 g/mol. The highest BCUT2D eigenvalue weighted by Crippen LogP contribution is 2.29. The lowest BCUT2D eigenvalue weighted by Gasteiger charge is -2.24. The Morgan fingerprint density at radius 3 is 2.00 bits per heavy atom. The lowest BCUT2D eigenvalue weighted by molar-refractivity contribution is 0.136. The van der Waals surface area contributed by atoms with Gasteiger partial charge in [0.15, 0.2) is 0 Å². The first-order valence-corrected chi connectivity index (χ1v) is 10.4. The molecule has 0 fully saturated rings. The van der Waals surface area contributed by atoms with Crippen LogP contribution in [0.25, 0.3) is 0 Å². The van der Waals surface area contributed by atoms with Crippen LogP contribution in [0.3, 0.4) is 0 Å². The minimum Gasteiger partial charge on any atom is -0.379 e. The molecular weight excluding hydrogens is 360 g/mol. The van der Waals surface area contributed by atoms with Crippen molar-refractivity contribution in [2.75, 3.05) is 16.0 Å². The number of sulfonamides is 1. The number of hydrogen-bond acceptors (Lipinski definition) is 4. The van der Waals surface area contributed by atoms with Crippen LogP contribution in [0.4, 0.5) is 11.4 Å². The molecule has 140 valence electrons. The van der Waals surface area contributed by atoms with Gasteiger partial charge in [-0.15, -0.1) is 4.47 Å². The number of hydrogen-bond donors (Lipinski definition) is 1. The lowest BCUT2D eigenvalue weighted by atomic mass is 10.2. The first-order valence-electron chi connectivity index (χ1n) is 8.58. The zero-order valence-electron chi connectivity index (χ0n) is 15.1. The van der Waals surface area contributed by atoms with Crippen LogP contribution >= 0.6 is 0 Å². The van der Waals surface area contributed by atoms with Crippen LogP contribution in [-0.2, 0) is 28.0 Å². The maximum absolute atomic E-state index is 12.4. The lowest BCUT2D eigenvalue weighted by Crippen LogP contribution is -2.30. The van der Waals surface area contributed by atoms with Gasteiger partial charge in [-0.2, -0.15) is 0 Å². The van der Waals surface area contributed by atoms with Gasteiger partial charge in [-0.05, 0) is 23.3 Å². The van der Waals surface area contributed by atoms with E-state index in [1.807, 2.05) is 72.8 Å². The number of anilines is 2. The molecule has 0 bridgehead atoms. The SMILES string of the molecule is CS(=O)(=O)N(OCc1ccccc1)c1ccccc1NCc1ccccc1. The van der Waals surface area contributed by atoms with Crippen molar-refractivity contribution in [3.05, 3.63) is 96.1 Å². The van der Waals surface area contributed by atoms with Crippen LogP contribution in [-0.4, -0.2) is 14.7 Å². The molecule has 0 spiro atoms. The summed E-state index contributed by atoms with van der Waals surface area (Å²) in [5.41, 5.74) is 3.12. The Balaban J connectivity index is 1.82. The second-order valence-electron chi connectivity index (χ2n) is 6.11. The predicted molar refractivity (Wildman–Crippen MR) is 109 cm³/mol. The van der Waals surface area contributed by atoms with E-state index in [-0.39, 0.29) is 6.61 Å². The third-order valence-electron chi connectivity index (χ3n) is 3.92. The van der Waals surface area contributed by atoms with Crippen LogP contribution in [0.5, 0.6) is 0 Å². The van der Waals surface area contributed by atoms with Crippen molar-refractivity contribution in [1.82, 2.24) is 0 Å². The highest BCUT2D eigenvalue weighted by Gasteiger charge is 2.21. The molecular formula is C21H22N2O3S. The quantitative estimate of drug-likeness (QED) is 0.593. The molecule has 3 aromatic carbocycles. The van der Waals surface area contributed by atoms with Gasteiger partial charge in [-0.3, -0.25) is 4.84 Å². The van der Waals surface area contributed by atoms with E-state index < -0.39 is 10.0 Å². The van der Waals surface area contributed by atoms with Gasteiger partial charge in [-0.25, -0.2) is 8.42 Å². The summed E-state index contributed by atoms with van der Waals surface area (Å²) in [7, 11) is -3.62. The highest BCUT2D eigenvalue weighted by molar-refractivity contribution is 7.91. The maximum atomic E-state index is 12.4. The van der Waals surface area contributed by atoms with Crippen molar-refractivity contribution < 1.29 is 13.3 Å². The predicted octanol–water partition coefficient (Wildman–Crippen LogP) is 4.20. The molecule has 0 aliphatic heterocycles. The number of nitrogens with zero attached hydrogens (tertiary/aromatic N) is 1. The van der Waals surface area contributed by atoms with Crippen molar-refractivity contribution in [1.29, 1.82) is 0 Å². The van der Waals surface area contributed by atoms with Crippen LogP contribution in [0.15, 0.2) is 84.9 Å². The fourth-order valence-corrected chi connectivity index (χ4v) is 3.39. The minimum atomic E-state index is -3.62. The molecule has 0 aromatic heterocycles. The Bertz CT molecular complexity index is 961. The molecule has 0 aliphatic rings. The van der Waals surface area contributed by atoms with Crippen LogP contribution in [0.1, 0.15) is 11.1 Å². The molecule has 5 nitrogen and oxygen atoms in total.